The fraction of sp³-hybridized carbons (Fsp3) is 0.190. The van der Waals surface area contributed by atoms with Crippen molar-refractivity contribution in [2.24, 2.45) is 0 Å². The Balaban J connectivity index is 1.66. The zero-order valence-electron chi connectivity index (χ0n) is 16.6. The molecule has 0 fully saturated rings. The number of amides is 1. The van der Waals surface area contributed by atoms with Crippen molar-refractivity contribution in [2.45, 2.75) is 5.03 Å². The molecule has 0 saturated heterocycles. The summed E-state index contributed by atoms with van der Waals surface area (Å²) < 4.78 is 17.1. The molecule has 3 rings (SSSR count). The number of carbonyl (C=O) groups is 1. The first-order valence-corrected chi connectivity index (χ1v) is 10.6. The van der Waals surface area contributed by atoms with E-state index in [9.17, 15) is 4.79 Å². The molecule has 1 aromatic heterocycles. The molecule has 0 radical (unpaired) electrons. The molecule has 0 aliphatic rings. The van der Waals surface area contributed by atoms with Gasteiger partial charge in [0, 0.05) is 15.7 Å². The lowest BCUT2D eigenvalue weighted by Crippen LogP contribution is -2.14. The second-order valence-electron chi connectivity index (χ2n) is 6.01. The van der Waals surface area contributed by atoms with Gasteiger partial charge < -0.3 is 19.5 Å². The van der Waals surface area contributed by atoms with Crippen molar-refractivity contribution in [2.75, 3.05) is 32.4 Å². The molecular weight excluding hydrogens is 470 g/mol. The maximum Gasteiger partial charge on any atom is 0.234 e. The van der Waals surface area contributed by atoms with E-state index in [0.717, 1.165) is 15.7 Å². The first-order chi connectivity index (χ1) is 14.5. The van der Waals surface area contributed by atoms with Crippen LogP contribution in [0.3, 0.4) is 0 Å². The minimum Gasteiger partial charge on any atom is -0.493 e. The van der Waals surface area contributed by atoms with Gasteiger partial charge in [0.1, 0.15) is 5.03 Å². The molecule has 1 N–H and O–H groups in total. The highest BCUT2D eigenvalue weighted by atomic mass is 79.9. The van der Waals surface area contributed by atoms with E-state index in [1.807, 2.05) is 48.5 Å². The summed E-state index contributed by atoms with van der Waals surface area (Å²) in [4.78, 5) is 12.1. The number of benzene rings is 2. The van der Waals surface area contributed by atoms with Crippen LogP contribution in [0.1, 0.15) is 0 Å². The molecule has 9 heteroatoms. The van der Waals surface area contributed by atoms with Crippen LogP contribution < -0.4 is 19.5 Å². The number of hydrogen-bond donors (Lipinski definition) is 1. The van der Waals surface area contributed by atoms with Gasteiger partial charge in [-0.1, -0.05) is 27.7 Å². The maximum atomic E-state index is 12.1. The Morgan fingerprint density at radius 2 is 1.63 bits per heavy atom. The van der Waals surface area contributed by atoms with Crippen molar-refractivity contribution >= 4 is 39.3 Å². The first-order valence-electron chi connectivity index (χ1n) is 8.86. The summed E-state index contributed by atoms with van der Waals surface area (Å²) in [5, 5.41) is 12.0. The van der Waals surface area contributed by atoms with Crippen molar-refractivity contribution in [1.29, 1.82) is 0 Å². The maximum absolute atomic E-state index is 12.1. The number of carbonyl (C=O) groups excluding carboxylic acids is 1. The van der Waals surface area contributed by atoms with Crippen molar-refractivity contribution < 1.29 is 19.0 Å². The molecule has 0 bridgehead atoms. The number of hydrogen-bond acceptors (Lipinski definition) is 7. The smallest absolute Gasteiger partial charge is 0.234 e. The van der Waals surface area contributed by atoms with Gasteiger partial charge in [-0.2, -0.15) is 0 Å². The van der Waals surface area contributed by atoms with Crippen LogP contribution in [0.25, 0.3) is 11.3 Å². The summed E-state index contributed by atoms with van der Waals surface area (Å²) in [5.74, 6) is 1.71. The van der Waals surface area contributed by atoms with Gasteiger partial charge in [-0.05, 0) is 48.5 Å². The van der Waals surface area contributed by atoms with Crippen LogP contribution in [-0.2, 0) is 4.79 Å². The predicted molar refractivity (Wildman–Crippen MR) is 121 cm³/mol. The summed E-state index contributed by atoms with van der Waals surface area (Å²) in [6.45, 7) is 0. The van der Waals surface area contributed by atoms with Crippen molar-refractivity contribution in [3.05, 3.63) is 53.0 Å². The van der Waals surface area contributed by atoms with Crippen LogP contribution in [0.5, 0.6) is 17.2 Å². The second-order valence-corrected chi connectivity index (χ2v) is 7.93. The van der Waals surface area contributed by atoms with Gasteiger partial charge in [0.2, 0.25) is 11.7 Å². The molecule has 156 valence electrons. The number of thioether (sulfide) groups is 1. The molecule has 3 aromatic rings. The molecule has 0 spiro atoms. The Bertz CT molecular complexity index is 989. The highest BCUT2D eigenvalue weighted by Gasteiger charge is 2.15. The molecule has 0 aliphatic carbocycles. The molecule has 0 unspecified atom stereocenters. The Hall–Kier alpha value is -2.78. The van der Waals surface area contributed by atoms with E-state index in [2.05, 4.69) is 31.4 Å². The van der Waals surface area contributed by atoms with Gasteiger partial charge in [-0.25, -0.2) is 0 Å². The van der Waals surface area contributed by atoms with Gasteiger partial charge in [0.15, 0.2) is 11.5 Å². The third-order valence-electron chi connectivity index (χ3n) is 4.08. The summed E-state index contributed by atoms with van der Waals surface area (Å²) in [6.07, 6.45) is 0. The number of methoxy groups -OCH3 is 3. The Labute approximate surface area is 187 Å². The molecule has 1 amide bonds. The fourth-order valence-corrected chi connectivity index (χ4v) is 3.53. The van der Waals surface area contributed by atoms with Crippen LogP contribution in [0.2, 0.25) is 0 Å². The predicted octanol–water partition coefficient (Wildman–Crippen LogP) is 4.66. The summed E-state index contributed by atoms with van der Waals surface area (Å²) in [6, 6.07) is 14.7. The zero-order chi connectivity index (χ0) is 21.5. The van der Waals surface area contributed by atoms with E-state index in [4.69, 9.17) is 14.2 Å². The summed E-state index contributed by atoms with van der Waals surface area (Å²) >= 11 is 4.68. The SMILES string of the molecule is COc1cc(-c2ccc(SCC(=O)Nc3ccc(Br)cc3)nn2)cc(OC)c1OC. The third kappa shape index (κ3) is 5.43. The van der Waals surface area contributed by atoms with Crippen molar-refractivity contribution in [1.82, 2.24) is 10.2 Å². The van der Waals surface area contributed by atoms with E-state index >= 15 is 0 Å². The normalized spacial score (nSPS) is 10.4. The molecular formula is C21H20BrN3O4S. The van der Waals surface area contributed by atoms with E-state index in [-0.39, 0.29) is 11.7 Å². The Kier molecular flexibility index (Phi) is 7.53. The lowest BCUT2D eigenvalue weighted by molar-refractivity contribution is -0.113. The number of halogens is 1. The molecule has 0 aliphatic heterocycles. The topological polar surface area (TPSA) is 82.6 Å². The number of nitrogens with one attached hydrogen (secondary N) is 1. The average Bonchev–Trinajstić information content (AvgIpc) is 2.78. The number of ether oxygens (including phenoxy) is 3. The number of aromatic nitrogens is 2. The molecule has 0 saturated carbocycles. The average molecular weight is 490 g/mol. The highest BCUT2D eigenvalue weighted by molar-refractivity contribution is 9.10. The van der Waals surface area contributed by atoms with Crippen molar-refractivity contribution in [3.8, 4) is 28.5 Å². The van der Waals surface area contributed by atoms with Gasteiger partial charge in [0.25, 0.3) is 0 Å². The van der Waals surface area contributed by atoms with Gasteiger partial charge in [0.05, 0.1) is 32.8 Å². The number of nitrogens with zero attached hydrogens (tertiary/aromatic N) is 2. The Morgan fingerprint density at radius 3 is 2.17 bits per heavy atom. The van der Waals surface area contributed by atoms with E-state index in [1.54, 1.807) is 21.3 Å². The fourth-order valence-electron chi connectivity index (χ4n) is 2.65. The van der Waals surface area contributed by atoms with Gasteiger partial charge in [-0.15, -0.1) is 10.2 Å². The lowest BCUT2D eigenvalue weighted by atomic mass is 10.1. The lowest BCUT2D eigenvalue weighted by Gasteiger charge is -2.13. The van der Waals surface area contributed by atoms with Crippen LogP contribution in [0.15, 0.2) is 58.0 Å². The molecule has 7 nitrogen and oxygen atoms in total. The van der Waals surface area contributed by atoms with Gasteiger partial charge in [-0.3, -0.25) is 4.79 Å². The third-order valence-corrected chi connectivity index (χ3v) is 5.53. The van der Waals surface area contributed by atoms with E-state index in [1.165, 1.54) is 11.8 Å². The van der Waals surface area contributed by atoms with Crippen LogP contribution >= 0.6 is 27.7 Å². The zero-order valence-corrected chi connectivity index (χ0v) is 19.0. The van der Waals surface area contributed by atoms with Crippen LogP contribution in [-0.4, -0.2) is 43.2 Å². The highest BCUT2D eigenvalue weighted by Crippen LogP contribution is 2.40. The van der Waals surface area contributed by atoms with E-state index < -0.39 is 0 Å². The molecule has 0 atom stereocenters. The Morgan fingerprint density at radius 1 is 0.967 bits per heavy atom. The van der Waals surface area contributed by atoms with Crippen molar-refractivity contribution in [3.63, 3.8) is 0 Å². The van der Waals surface area contributed by atoms with Crippen LogP contribution in [0.4, 0.5) is 5.69 Å². The second kappa shape index (κ2) is 10.3. The quantitative estimate of drug-likeness (QED) is 0.460. The van der Waals surface area contributed by atoms with Gasteiger partial charge >= 0.3 is 0 Å². The largest absolute Gasteiger partial charge is 0.493 e. The minimum atomic E-state index is -0.113. The molecule has 2 aromatic carbocycles. The van der Waals surface area contributed by atoms with E-state index in [0.29, 0.717) is 28.0 Å². The number of anilines is 1. The van der Waals surface area contributed by atoms with Crippen LogP contribution in [0, 0.1) is 0 Å². The first kappa shape index (κ1) is 21.9. The molecule has 1 heterocycles. The monoisotopic (exact) mass is 489 g/mol. The number of rotatable bonds is 8. The summed E-state index contributed by atoms with van der Waals surface area (Å²) in [7, 11) is 4.68. The molecule has 30 heavy (non-hydrogen) atoms. The standard InChI is InChI=1S/C21H20BrN3O4S/c1-27-17-10-13(11-18(28-2)21(17)29-3)16-8-9-20(25-24-16)30-12-19(26)23-15-6-4-14(22)5-7-15/h4-11H,12H2,1-3H3,(H,23,26). The summed E-state index contributed by atoms with van der Waals surface area (Å²) in [5.41, 5.74) is 2.17. The minimum absolute atomic E-state index is 0.113.